The summed E-state index contributed by atoms with van der Waals surface area (Å²) >= 11 is 0. The first-order valence-electron chi connectivity index (χ1n) is 9.45. The maximum absolute atomic E-state index is 12.1. The van der Waals surface area contributed by atoms with Gasteiger partial charge in [0.15, 0.2) is 6.61 Å². The zero-order valence-electron chi connectivity index (χ0n) is 17.1. The lowest BCUT2D eigenvalue weighted by atomic mass is 10.0. The molecule has 8 nitrogen and oxygen atoms in total. The van der Waals surface area contributed by atoms with Crippen molar-refractivity contribution >= 4 is 23.9 Å². The van der Waals surface area contributed by atoms with Gasteiger partial charge < -0.3 is 14.8 Å². The predicted molar refractivity (Wildman–Crippen MR) is 110 cm³/mol. The van der Waals surface area contributed by atoms with Crippen LogP contribution >= 0.6 is 0 Å². The van der Waals surface area contributed by atoms with Crippen LogP contribution < -0.4 is 15.4 Å². The molecule has 158 valence electrons. The highest BCUT2D eigenvalue weighted by atomic mass is 16.5. The molecule has 8 heteroatoms. The fourth-order valence-electron chi connectivity index (χ4n) is 2.42. The number of benzene rings is 2. The van der Waals surface area contributed by atoms with Gasteiger partial charge in [-0.3, -0.25) is 14.9 Å². The summed E-state index contributed by atoms with van der Waals surface area (Å²) in [6.45, 7) is 4.48. The van der Waals surface area contributed by atoms with Crippen molar-refractivity contribution in [2.75, 3.05) is 6.61 Å². The van der Waals surface area contributed by atoms with Crippen LogP contribution in [0.2, 0.25) is 0 Å². The molecule has 0 saturated heterocycles. The van der Waals surface area contributed by atoms with Crippen molar-refractivity contribution < 1.29 is 28.7 Å². The van der Waals surface area contributed by atoms with Crippen molar-refractivity contribution in [3.05, 3.63) is 54.1 Å². The number of rotatable bonds is 7. The van der Waals surface area contributed by atoms with E-state index in [1.54, 1.807) is 48.5 Å². The predicted octanol–water partition coefficient (Wildman–Crippen LogP) is 3.06. The molecule has 0 aliphatic rings. The lowest BCUT2D eigenvalue weighted by Crippen LogP contribution is -2.44. The molecule has 0 radical (unpaired) electrons. The number of esters is 2. The largest absolute Gasteiger partial charge is 0.452 e. The SMILES string of the molecule is CC[C@@H](C)NC(=O)NC(=O)COC(=O)c1ccc(-c2ccc(OC(C)=O)cc2)cc1. The monoisotopic (exact) mass is 412 g/mol. The second-order valence-electron chi connectivity index (χ2n) is 6.60. The molecule has 0 aromatic heterocycles. The average Bonchev–Trinajstić information content (AvgIpc) is 2.72. The third-order valence-corrected chi connectivity index (χ3v) is 4.15. The molecular weight excluding hydrogens is 388 g/mol. The third kappa shape index (κ3) is 7.05. The first-order chi connectivity index (χ1) is 14.3. The third-order valence-electron chi connectivity index (χ3n) is 4.15. The van der Waals surface area contributed by atoms with E-state index in [9.17, 15) is 19.2 Å². The van der Waals surface area contributed by atoms with Crippen molar-refractivity contribution in [3.8, 4) is 16.9 Å². The number of hydrogen-bond donors (Lipinski definition) is 2. The number of amides is 3. The van der Waals surface area contributed by atoms with Crippen molar-refractivity contribution in [1.82, 2.24) is 10.6 Å². The summed E-state index contributed by atoms with van der Waals surface area (Å²) in [5, 5.41) is 4.68. The van der Waals surface area contributed by atoms with Crippen LogP contribution in [0, 0.1) is 0 Å². The van der Waals surface area contributed by atoms with Crippen LogP contribution in [0.1, 0.15) is 37.6 Å². The van der Waals surface area contributed by atoms with E-state index in [-0.39, 0.29) is 11.6 Å². The van der Waals surface area contributed by atoms with Crippen LogP contribution in [0.4, 0.5) is 4.79 Å². The van der Waals surface area contributed by atoms with Crippen molar-refractivity contribution in [3.63, 3.8) is 0 Å². The zero-order valence-corrected chi connectivity index (χ0v) is 17.1. The van der Waals surface area contributed by atoms with Gasteiger partial charge in [-0.2, -0.15) is 0 Å². The van der Waals surface area contributed by atoms with E-state index in [0.29, 0.717) is 5.75 Å². The molecule has 0 aliphatic carbocycles. The van der Waals surface area contributed by atoms with Crippen molar-refractivity contribution in [2.45, 2.75) is 33.2 Å². The van der Waals surface area contributed by atoms with E-state index in [2.05, 4.69) is 10.6 Å². The van der Waals surface area contributed by atoms with Gasteiger partial charge in [-0.1, -0.05) is 31.2 Å². The number of carbonyl (C=O) groups is 4. The van der Waals surface area contributed by atoms with Gasteiger partial charge in [0.05, 0.1) is 5.56 Å². The lowest BCUT2D eigenvalue weighted by molar-refractivity contribution is -0.131. The van der Waals surface area contributed by atoms with Crippen molar-refractivity contribution in [2.24, 2.45) is 0 Å². The fraction of sp³-hybridized carbons (Fsp3) is 0.273. The van der Waals surface area contributed by atoms with E-state index < -0.39 is 30.5 Å². The number of imide groups is 1. The van der Waals surface area contributed by atoms with Gasteiger partial charge in [0.2, 0.25) is 0 Å². The Balaban J connectivity index is 1.88. The molecule has 30 heavy (non-hydrogen) atoms. The summed E-state index contributed by atoms with van der Waals surface area (Å²) in [7, 11) is 0. The molecular formula is C22H24N2O6. The molecule has 3 amide bonds. The van der Waals surface area contributed by atoms with Crippen LogP contribution in [-0.2, 0) is 14.3 Å². The zero-order chi connectivity index (χ0) is 22.1. The second-order valence-corrected chi connectivity index (χ2v) is 6.60. The molecule has 2 aromatic rings. The standard InChI is InChI=1S/C22H24N2O6/c1-4-14(2)23-22(28)24-20(26)13-29-21(27)18-7-5-16(6-8-18)17-9-11-19(12-10-17)30-15(3)25/h5-12,14H,4,13H2,1-3H3,(H2,23,24,26,28)/t14-/m1/s1. The van der Waals surface area contributed by atoms with E-state index in [1.807, 2.05) is 13.8 Å². The van der Waals surface area contributed by atoms with Gasteiger partial charge in [0.1, 0.15) is 5.75 Å². The van der Waals surface area contributed by atoms with Gasteiger partial charge in [-0.05, 0) is 48.7 Å². The van der Waals surface area contributed by atoms with E-state index >= 15 is 0 Å². The molecule has 2 rings (SSSR count). The number of nitrogens with one attached hydrogen (secondary N) is 2. The minimum Gasteiger partial charge on any atom is -0.452 e. The summed E-state index contributed by atoms with van der Waals surface area (Å²) in [5.74, 6) is -1.34. The number of urea groups is 1. The van der Waals surface area contributed by atoms with Gasteiger partial charge >= 0.3 is 18.0 Å². The smallest absolute Gasteiger partial charge is 0.338 e. The average molecular weight is 412 g/mol. The van der Waals surface area contributed by atoms with Gasteiger partial charge in [-0.15, -0.1) is 0 Å². The summed E-state index contributed by atoms with van der Waals surface area (Å²) in [4.78, 5) is 46.4. The Kier molecular flexibility index (Phi) is 8.10. The first-order valence-corrected chi connectivity index (χ1v) is 9.45. The molecule has 0 heterocycles. The Morgan fingerprint density at radius 2 is 1.50 bits per heavy atom. The first kappa shape index (κ1) is 22.6. The molecule has 0 spiro atoms. The molecule has 0 saturated carbocycles. The van der Waals surface area contributed by atoms with Gasteiger partial charge in [0.25, 0.3) is 5.91 Å². The molecule has 0 fully saturated rings. The van der Waals surface area contributed by atoms with Gasteiger partial charge in [-0.25, -0.2) is 9.59 Å². The number of hydrogen-bond acceptors (Lipinski definition) is 6. The second kappa shape index (κ2) is 10.8. The molecule has 1 atom stereocenters. The highest BCUT2D eigenvalue weighted by molar-refractivity contribution is 5.97. The van der Waals surface area contributed by atoms with Crippen LogP contribution in [-0.4, -0.2) is 36.5 Å². The van der Waals surface area contributed by atoms with Crippen LogP contribution in [0.25, 0.3) is 11.1 Å². The summed E-state index contributed by atoms with van der Waals surface area (Å²) in [5.41, 5.74) is 1.99. The quantitative estimate of drug-likeness (QED) is 0.534. The molecule has 0 aliphatic heterocycles. The molecule has 0 bridgehead atoms. The van der Waals surface area contributed by atoms with Crippen molar-refractivity contribution in [1.29, 1.82) is 0 Å². The Labute approximate surface area is 174 Å². The number of ether oxygens (including phenoxy) is 2. The Bertz CT molecular complexity index is 906. The minimum absolute atomic E-state index is 0.0725. The lowest BCUT2D eigenvalue weighted by Gasteiger charge is -2.11. The summed E-state index contributed by atoms with van der Waals surface area (Å²) in [6, 6.07) is 12.8. The number of carbonyl (C=O) groups excluding carboxylic acids is 4. The molecule has 2 N–H and O–H groups in total. The normalized spacial score (nSPS) is 11.2. The molecule has 2 aromatic carbocycles. The van der Waals surface area contributed by atoms with Crippen LogP contribution in [0.5, 0.6) is 5.75 Å². The Morgan fingerprint density at radius 3 is 2.03 bits per heavy atom. The highest BCUT2D eigenvalue weighted by Crippen LogP contribution is 2.23. The maximum Gasteiger partial charge on any atom is 0.338 e. The van der Waals surface area contributed by atoms with Crippen LogP contribution in [0.15, 0.2) is 48.5 Å². The van der Waals surface area contributed by atoms with E-state index in [1.165, 1.54) is 6.92 Å². The maximum atomic E-state index is 12.1. The minimum atomic E-state index is -0.714. The molecule has 0 unspecified atom stereocenters. The summed E-state index contributed by atoms with van der Waals surface area (Å²) in [6.07, 6.45) is 0.725. The Hall–Kier alpha value is -3.68. The van der Waals surface area contributed by atoms with Crippen LogP contribution in [0.3, 0.4) is 0 Å². The van der Waals surface area contributed by atoms with E-state index in [4.69, 9.17) is 9.47 Å². The highest BCUT2D eigenvalue weighted by Gasteiger charge is 2.13. The van der Waals surface area contributed by atoms with Gasteiger partial charge in [0, 0.05) is 13.0 Å². The topological polar surface area (TPSA) is 111 Å². The fourth-order valence-corrected chi connectivity index (χ4v) is 2.42. The summed E-state index contributed by atoms with van der Waals surface area (Å²) < 4.78 is 9.93. The van der Waals surface area contributed by atoms with E-state index in [0.717, 1.165) is 17.5 Å². The Morgan fingerprint density at radius 1 is 0.933 bits per heavy atom.